The van der Waals surface area contributed by atoms with E-state index in [1.54, 1.807) is 12.1 Å². The minimum absolute atomic E-state index is 0.00130. The largest absolute Gasteiger partial charge is 0.508 e. The highest BCUT2D eigenvalue weighted by Crippen LogP contribution is 2.27. The average molecular weight is 273 g/mol. The van der Waals surface area contributed by atoms with Crippen LogP contribution < -0.4 is 5.32 Å². The maximum Gasteiger partial charge on any atom is 0.123 e. The Balaban J connectivity index is 2.12. The highest BCUT2D eigenvalue weighted by molar-refractivity contribution is 5.38. The molecule has 0 radical (unpaired) electrons. The van der Waals surface area contributed by atoms with Crippen molar-refractivity contribution in [1.82, 2.24) is 5.32 Å². The van der Waals surface area contributed by atoms with Gasteiger partial charge in [0.25, 0.3) is 0 Å². The molecule has 0 aromatic heterocycles. The highest BCUT2D eigenvalue weighted by Gasteiger charge is 2.14. The van der Waals surface area contributed by atoms with Crippen LogP contribution in [0.15, 0.2) is 42.5 Å². The van der Waals surface area contributed by atoms with Gasteiger partial charge < -0.3 is 10.4 Å². The summed E-state index contributed by atoms with van der Waals surface area (Å²) in [6.07, 6.45) is 0. The molecule has 0 heterocycles. The van der Waals surface area contributed by atoms with Crippen LogP contribution in [0.25, 0.3) is 0 Å². The third kappa shape index (κ3) is 3.36. The Morgan fingerprint density at radius 2 is 1.80 bits per heavy atom. The molecule has 0 saturated carbocycles. The first-order valence-corrected chi connectivity index (χ1v) is 6.78. The molecule has 1 unspecified atom stereocenters. The number of nitrogens with one attached hydrogen (secondary N) is 1. The lowest BCUT2D eigenvalue weighted by Gasteiger charge is -2.21. The molecule has 2 nitrogen and oxygen atoms in total. The molecule has 0 spiro atoms. The Morgan fingerprint density at radius 1 is 1.05 bits per heavy atom. The maximum atomic E-state index is 13.2. The third-order valence-electron chi connectivity index (χ3n) is 3.50. The molecule has 3 heteroatoms. The molecule has 2 aromatic carbocycles. The average Bonchev–Trinajstić information content (AvgIpc) is 2.38. The molecule has 0 aliphatic carbocycles. The number of rotatable bonds is 4. The second-order valence-electron chi connectivity index (χ2n) is 5.23. The van der Waals surface area contributed by atoms with Crippen LogP contribution in [0.3, 0.4) is 0 Å². The van der Waals surface area contributed by atoms with Crippen LogP contribution >= 0.6 is 0 Å². The third-order valence-corrected chi connectivity index (χ3v) is 3.50. The summed E-state index contributed by atoms with van der Waals surface area (Å²) in [5, 5.41) is 13.4. The van der Waals surface area contributed by atoms with Gasteiger partial charge in [-0.2, -0.15) is 0 Å². The Labute approximate surface area is 119 Å². The van der Waals surface area contributed by atoms with Crippen molar-refractivity contribution >= 4 is 0 Å². The van der Waals surface area contributed by atoms with Gasteiger partial charge in [0.15, 0.2) is 0 Å². The van der Waals surface area contributed by atoms with Gasteiger partial charge in [0.2, 0.25) is 0 Å². The van der Waals surface area contributed by atoms with Crippen LogP contribution in [0.2, 0.25) is 0 Å². The van der Waals surface area contributed by atoms with Crippen molar-refractivity contribution in [3.8, 4) is 5.75 Å². The van der Waals surface area contributed by atoms with E-state index in [1.807, 2.05) is 39.0 Å². The van der Waals surface area contributed by atoms with Crippen molar-refractivity contribution in [2.24, 2.45) is 0 Å². The van der Waals surface area contributed by atoms with Gasteiger partial charge in [0, 0.05) is 17.6 Å². The molecule has 20 heavy (non-hydrogen) atoms. The molecular weight excluding hydrogens is 253 g/mol. The van der Waals surface area contributed by atoms with Crippen molar-refractivity contribution < 1.29 is 9.50 Å². The molecule has 2 aromatic rings. The van der Waals surface area contributed by atoms with Crippen molar-refractivity contribution in [3.05, 3.63) is 65.0 Å². The van der Waals surface area contributed by atoms with Crippen molar-refractivity contribution in [3.63, 3.8) is 0 Å². The fraction of sp³-hybridized carbons (Fsp3) is 0.294. The quantitative estimate of drug-likeness (QED) is 0.872. The van der Waals surface area contributed by atoms with Crippen molar-refractivity contribution in [2.45, 2.75) is 32.9 Å². The minimum atomic E-state index is -0.234. The van der Waals surface area contributed by atoms with E-state index < -0.39 is 0 Å². The van der Waals surface area contributed by atoms with E-state index in [9.17, 15) is 9.50 Å². The maximum absolute atomic E-state index is 13.2. The van der Waals surface area contributed by atoms with E-state index >= 15 is 0 Å². The first-order valence-electron chi connectivity index (χ1n) is 6.78. The lowest BCUT2D eigenvalue weighted by Crippen LogP contribution is -2.22. The van der Waals surface area contributed by atoms with E-state index in [0.29, 0.717) is 0 Å². The molecule has 0 saturated heterocycles. The molecule has 2 N–H and O–H groups in total. The summed E-state index contributed by atoms with van der Waals surface area (Å²) < 4.78 is 13.2. The minimum Gasteiger partial charge on any atom is -0.508 e. The fourth-order valence-electron chi connectivity index (χ4n) is 2.36. The van der Waals surface area contributed by atoms with Crippen LogP contribution in [0.4, 0.5) is 4.39 Å². The zero-order chi connectivity index (χ0) is 14.7. The smallest absolute Gasteiger partial charge is 0.123 e. The van der Waals surface area contributed by atoms with Gasteiger partial charge >= 0.3 is 0 Å². The molecule has 0 aliphatic heterocycles. The van der Waals surface area contributed by atoms with Crippen molar-refractivity contribution in [1.29, 1.82) is 0 Å². The highest BCUT2D eigenvalue weighted by atomic mass is 19.1. The number of benzene rings is 2. The Bertz CT molecular complexity index is 597. The summed E-state index contributed by atoms with van der Waals surface area (Å²) in [6.45, 7) is 5.91. The SMILES string of the molecule is Cc1ccc(C(C)N[C@H](C)c2cccc(F)c2)c(O)c1. The second-order valence-corrected chi connectivity index (χ2v) is 5.23. The molecule has 0 bridgehead atoms. The van der Waals surface area contributed by atoms with Gasteiger partial charge in [-0.05, 0) is 50.1 Å². The monoisotopic (exact) mass is 273 g/mol. The molecule has 106 valence electrons. The van der Waals surface area contributed by atoms with Crippen LogP contribution in [0, 0.1) is 12.7 Å². The zero-order valence-corrected chi connectivity index (χ0v) is 12.0. The molecule has 0 aliphatic rings. The van der Waals surface area contributed by atoms with E-state index in [1.165, 1.54) is 12.1 Å². The van der Waals surface area contributed by atoms with Gasteiger partial charge in [0.1, 0.15) is 11.6 Å². The number of hydrogen-bond acceptors (Lipinski definition) is 2. The number of hydrogen-bond donors (Lipinski definition) is 2. The topological polar surface area (TPSA) is 32.3 Å². The Morgan fingerprint density at radius 3 is 2.45 bits per heavy atom. The van der Waals surface area contributed by atoms with E-state index in [4.69, 9.17) is 0 Å². The normalized spacial score (nSPS) is 14.0. The lowest BCUT2D eigenvalue weighted by atomic mass is 10.0. The van der Waals surface area contributed by atoms with Crippen LogP contribution in [0.5, 0.6) is 5.75 Å². The van der Waals surface area contributed by atoms with Crippen LogP contribution in [0.1, 0.15) is 42.6 Å². The number of phenolic OH excluding ortho intramolecular Hbond substituents is 1. The molecule has 0 fully saturated rings. The van der Waals surface area contributed by atoms with E-state index in [2.05, 4.69) is 5.32 Å². The standard InChI is InChI=1S/C17H20FNO/c1-11-7-8-16(17(20)9-11)13(3)19-12(2)14-5-4-6-15(18)10-14/h4-10,12-13,19-20H,1-3H3/t12-,13?/m1/s1. The number of halogens is 1. The fourth-order valence-corrected chi connectivity index (χ4v) is 2.36. The summed E-state index contributed by atoms with van der Waals surface area (Å²) in [6, 6.07) is 12.2. The second kappa shape index (κ2) is 6.06. The Hall–Kier alpha value is -1.87. The predicted molar refractivity (Wildman–Crippen MR) is 79.2 cm³/mol. The summed E-state index contributed by atoms with van der Waals surface area (Å²) in [5.41, 5.74) is 2.76. The zero-order valence-electron chi connectivity index (χ0n) is 12.0. The predicted octanol–water partition coefficient (Wildman–Crippen LogP) is 4.25. The summed E-state index contributed by atoms with van der Waals surface area (Å²) >= 11 is 0. The first-order chi connectivity index (χ1) is 9.47. The van der Waals surface area contributed by atoms with Crippen molar-refractivity contribution in [2.75, 3.05) is 0 Å². The number of aryl methyl sites for hydroxylation is 1. The van der Waals surface area contributed by atoms with Gasteiger partial charge in [0.05, 0.1) is 0 Å². The van der Waals surface area contributed by atoms with Gasteiger partial charge in [-0.15, -0.1) is 0 Å². The summed E-state index contributed by atoms with van der Waals surface area (Å²) in [5.74, 6) is 0.0541. The number of aromatic hydroxyl groups is 1. The molecule has 2 rings (SSSR count). The van der Waals surface area contributed by atoms with E-state index in [-0.39, 0.29) is 23.7 Å². The van der Waals surface area contributed by atoms with Crippen LogP contribution in [-0.4, -0.2) is 5.11 Å². The lowest BCUT2D eigenvalue weighted by molar-refractivity contribution is 0.437. The number of phenols is 1. The summed E-state index contributed by atoms with van der Waals surface area (Å²) in [4.78, 5) is 0. The molecule has 0 amide bonds. The van der Waals surface area contributed by atoms with Crippen LogP contribution in [-0.2, 0) is 0 Å². The first kappa shape index (κ1) is 14.5. The Kier molecular flexibility index (Phi) is 4.40. The summed E-state index contributed by atoms with van der Waals surface area (Å²) in [7, 11) is 0. The molecule has 2 atom stereocenters. The van der Waals surface area contributed by atoms with E-state index in [0.717, 1.165) is 16.7 Å². The van der Waals surface area contributed by atoms with Gasteiger partial charge in [-0.3, -0.25) is 0 Å². The van der Waals surface area contributed by atoms with Gasteiger partial charge in [-0.25, -0.2) is 4.39 Å². The van der Waals surface area contributed by atoms with Gasteiger partial charge in [-0.1, -0.05) is 24.3 Å². The molecular formula is C17H20FNO.